The van der Waals surface area contributed by atoms with Crippen molar-refractivity contribution in [3.63, 3.8) is 0 Å². The maximum Gasteiger partial charge on any atom is 0.220 e. The van der Waals surface area contributed by atoms with Gasteiger partial charge in [-0.05, 0) is 51.1 Å². The Kier molecular flexibility index (Phi) is 7.10. The molecule has 3 nitrogen and oxygen atoms in total. The number of benzene rings is 1. The zero-order valence-corrected chi connectivity index (χ0v) is 14.9. The molecule has 23 heavy (non-hydrogen) atoms. The Morgan fingerprint density at radius 2 is 2.04 bits per heavy atom. The van der Waals surface area contributed by atoms with Gasteiger partial charge in [0.2, 0.25) is 5.91 Å². The first-order valence-electron chi connectivity index (χ1n) is 9.17. The molecular weight excluding hydrogens is 284 g/mol. The summed E-state index contributed by atoms with van der Waals surface area (Å²) in [5, 5.41) is 3.06. The van der Waals surface area contributed by atoms with Gasteiger partial charge in [-0.25, -0.2) is 0 Å². The molecule has 1 heterocycles. The highest BCUT2D eigenvalue weighted by atomic mass is 16.1. The van der Waals surface area contributed by atoms with E-state index in [1.165, 1.54) is 31.2 Å². The van der Waals surface area contributed by atoms with Crippen LogP contribution in [0, 0.1) is 5.92 Å². The first-order valence-corrected chi connectivity index (χ1v) is 9.17. The number of likely N-dealkylation sites (tertiary alicyclic amines) is 1. The zero-order valence-electron chi connectivity index (χ0n) is 14.9. The van der Waals surface area contributed by atoms with Gasteiger partial charge in [0.1, 0.15) is 0 Å². The first-order chi connectivity index (χ1) is 11.1. The van der Waals surface area contributed by atoms with E-state index in [2.05, 4.69) is 47.5 Å². The molecule has 1 aliphatic rings. The minimum atomic E-state index is 0.215. The number of piperidine rings is 1. The second-order valence-electron chi connectivity index (χ2n) is 7.14. The van der Waals surface area contributed by atoms with Crippen LogP contribution in [-0.4, -0.2) is 29.4 Å². The largest absolute Gasteiger partial charge is 0.354 e. The van der Waals surface area contributed by atoms with Gasteiger partial charge in [-0.1, -0.05) is 43.7 Å². The number of carbonyl (C=O) groups is 1. The van der Waals surface area contributed by atoms with Crippen LogP contribution in [0.4, 0.5) is 0 Å². The number of hydrogen-bond acceptors (Lipinski definition) is 2. The Morgan fingerprint density at radius 1 is 1.30 bits per heavy atom. The standard InChI is InChI=1S/C20H32N2O/c1-4-9-19-18(14-20(23)21-16(2)3)12-8-13-22(19)15-17-10-6-5-7-11-17/h5-7,10-11,16,18-19H,4,8-9,12-15H2,1-3H3,(H,21,23)/t18-,19-/m0/s1. The molecule has 0 bridgehead atoms. The van der Waals surface area contributed by atoms with Crippen LogP contribution in [0.15, 0.2) is 30.3 Å². The van der Waals surface area contributed by atoms with E-state index >= 15 is 0 Å². The van der Waals surface area contributed by atoms with Crippen molar-refractivity contribution in [3.05, 3.63) is 35.9 Å². The van der Waals surface area contributed by atoms with E-state index in [1.807, 2.05) is 13.8 Å². The van der Waals surface area contributed by atoms with Crippen LogP contribution < -0.4 is 5.32 Å². The smallest absolute Gasteiger partial charge is 0.220 e. The molecule has 0 aromatic heterocycles. The summed E-state index contributed by atoms with van der Waals surface area (Å²) in [6.07, 6.45) is 5.42. The predicted molar refractivity (Wildman–Crippen MR) is 96.2 cm³/mol. The third kappa shape index (κ3) is 5.65. The van der Waals surface area contributed by atoms with Crippen LogP contribution in [0.5, 0.6) is 0 Å². The van der Waals surface area contributed by atoms with Gasteiger partial charge in [-0.2, -0.15) is 0 Å². The van der Waals surface area contributed by atoms with Crippen molar-refractivity contribution < 1.29 is 4.79 Å². The van der Waals surface area contributed by atoms with Crippen LogP contribution in [-0.2, 0) is 11.3 Å². The molecule has 1 aromatic carbocycles. The van der Waals surface area contributed by atoms with Crippen molar-refractivity contribution in [3.8, 4) is 0 Å². The lowest BCUT2D eigenvalue weighted by molar-refractivity contribution is -0.123. The normalized spacial score (nSPS) is 22.3. The van der Waals surface area contributed by atoms with Crippen LogP contribution in [0.3, 0.4) is 0 Å². The van der Waals surface area contributed by atoms with E-state index in [-0.39, 0.29) is 11.9 Å². The molecule has 1 N–H and O–H groups in total. The minimum absolute atomic E-state index is 0.215. The van der Waals surface area contributed by atoms with E-state index in [1.54, 1.807) is 0 Å². The molecule has 1 saturated heterocycles. The van der Waals surface area contributed by atoms with E-state index in [4.69, 9.17) is 0 Å². The summed E-state index contributed by atoms with van der Waals surface area (Å²) in [4.78, 5) is 14.8. The van der Waals surface area contributed by atoms with Crippen molar-refractivity contribution in [2.24, 2.45) is 5.92 Å². The van der Waals surface area contributed by atoms with Gasteiger partial charge in [0.15, 0.2) is 0 Å². The molecule has 0 radical (unpaired) electrons. The maximum absolute atomic E-state index is 12.2. The Hall–Kier alpha value is -1.35. The first kappa shape index (κ1) is 18.0. The fourth-order valence-electron chi connectivity index (χ4n) is 3.80. The fourth-order valence-corrected chi connectivity index (χ4v) is 3.80. The number of nitrogens with one attached hydrogen (secondary N) is 1. The average Bonchev–Trinajstić information content (AvgIpc) is 2.50. The summed E-state index contributed by atoms with van der Waals surface area (Å²) in [6, 6.07) is 11.5. The minimum Gasteiger partial charge on any atom is -0.354 e. The molecule has 128 valence electrons. The van der Waals surface area contributed by atoms with Crippen molar-refractivity contribution in [1.82, 2.24) is 10.2 Å². The lowest BCUT2D eigenvalue weighted by Gasteiger charge is -2.41. The van der Waals surface area contributed by atoms with Gasteiger partial charge in [0, 0.05) is 25.0 Å². The van der Waals surface area contributed by atoms with E-state index < -0.39 is 0 Å². The number of rotatable bonds is 7. The summed E-state index contributed by atoms with van der Waals surface area (Å²) in [5.74, 6) is 0.707. The highest BCUT2D eigenvalue weighted by molar-refractivity contribution is 5.76. The Bertz CT molecular complexity index is 472. The predicted octanol–water partition coefficient (Wildman–Crippen LogP) is 3.98. The Morgan fingerprint density at radius 3 is 2.70 bits per heavy atom. The van der Waals surface area contributed by atoms with Crippen LogP contribution in [0.25, 0.3) is 0 Å². The van der Waals surface area contributed by atoms with Gasteiger partial charge in [0.25, 0.3) is 0 Å². The van der Waals surface area contributed by atoms with E-state index in [0.29, 0.717) is 18.4 Å². The summed E-state index contributed by atoms with van der Waals surface area (Å²) < 4.78 is 0. The quantitative estimate of drug-likeness (QED) is 0.825. The molecule has 1 aromatic rings. The molecule has 0 spiro atoms. The number of nitrogens with zero attached hydrogens (tertiary/aromatic N) is 1. The number of amides is 1. The Labute approximate surface area is 141 Å². The van der Waals surface area contributed by atoms with Gasteiger partial charge < -0.3 is 5.32 Å². The molecule has 1 fully saturated rings. The number of hydrogen-bond donors (Lipinski definition) is 1. The summed E-state index contributed by atoms with van der Waals surface area (Å²) in [7, 11) is 0. The van der Waals surface area contributed by atoms with Crippen LogP contribution >= 0.6 is 0 Å². The summed E-state index contributed by atoms with van der Waals surface area (Å²) in [5.41, 5.74) is 1.38. The lowest BCUT2D eigenvalue weighted by atomic mass is 9.83. The van der Waals surface area contributed by atoms with Crippen molar-refractivity contribution >= 4 is 5.91 Å². The average molecular weight is 316 g/mol. The molecule has 3 heteroatoms. The lowest BCUT2D eigenvalue weighted by Crippen LogP contribution is -2.46. The van der Waals surface area contributed by atoms with Crippen molar-refractivity contribution in [2.45, 2.75) is 71.5 Å². The SMILES string of the molecule is CCC[C@H]1[C@H](CC(=O)NC(C)C)CCCN1Cc1ccccc1. The van der Waals surface area contributed by atoms with E-state index in [0.717, 1.165) is 13.1 Å². The van der Waals surface area contributed by atoms with E-state index in [9.17, 15) is 4.79 Å². The highest BCUT2D eigenvalue weighted by Crippen LogP contribution is 2.30. The van der Waals surface area contributed by atoms with Gasteiger partial charge in [0.05, 0.1) is 0 Å². The van der Waals surface area contributed by atoms with Gasteiger partial charge in [-0.15, -0.1) is 0 Å². The Balaban J connectivity index is 2.02. The molecule has 0 unspecified atom stereocenters. The highest BCUT2D eigenvalue weighted by Gasteiger charge is 2.32. The molecular formula is C20H32N2O. The third-order valence-corrected chi connectivity index (χ3v) is 4.74. The maximum atomic E-state index is 12.2. The monoisotopic (exact) mass is 316 g/mol. The topological polar surface area (TPSA) is 32.3 Å². The summed E-state index contributed by atoms with van der Waals surface area (Å²) in [6.45, 7) is 8.48. The van der Waals surface area contributed by atoms with Gasteiger partial charge in [-0.3, -0.25) is 9.69 Å². The van der Waals surface area contributed by atoms with Crippen LogP contribution in [0.2, 0.25) is 0 Å². The van der Waals surface area contributed by atoms with Gasteiger partial charge >= 0.3 is 0 Å². The van der Waals surface area contributed by atoms with Crippen LogP contribution in [0.1, 0.15) is 58.4 Å². The molecule has 2 rings (SSSR count). The molecule has 0 saturated carbocycles. The molecule has 0 aliphatic carbocycles. The van der Waals surface area contributed by atoms with Crippen molar-refractivity contribution in [1.29, 1.82) is 0 Å². The summed E-state index contributed by atoms with van der Waals surface area (Å²) >= 11 is 0. The zero-order chi connectivity index (χ0) is 16.7. The molecule has 1 aliphatic heterocycles. The second kappa shape index (κ2) is 9.07. The molecule has 1 amide bonds. The van der Waals surface area contributed by atoms with Crippen molar-refractivity contribution in [2.75, 3.05) is 6.54 Å². The second-order valence-corrected chi connectivity index (χ2v) is 7.14. The number of carbonyl (C=O) groups excluding carboxylic acids is 1. The molecule has 2 atom stereocenters. The fraction of sp³-hybridized carbons (Fsp3) is 0.650. The third-order valence-electron chi connectivity index (χ3n) is 4.74.